The Bertz CT molecular complexity index is 1460. The van der Waals surface area contributed by atoms with E-state index in [2.05, 4.69) is 17.0 Å². The average Bonchev–Trinajstić information content (AvgIpc) is 3.13. The summed E-state index contributed by atoms with van der Waals surface area (Å²) in [5, 5.41) is 4.33. The number of nitrogens with zero attached hydrogens (tertiary/aromatic N) is 3. The number of unbranched alkanes of at least 4 members (excludes halogenated alkanes) is 2. The topological polar surface area (TPSA) is 82.8 Å². The molecule has 2 aromatic heterocycles. The molecule has 0 bridgehead atoms. The van der Waals surface area contributed by atoms with Crippen LogP contribution in [0.15, 0.2) is 52.1 Å². The van der Waals surface area contributed by atoms with Crippen LogP contribution in [0.25, 0.3) is 11.0 Å². The highest BCUT2D eigenvalue weighted by Crippen LogP contribution is 2.28. The standard InChI is InChI=1S/C26H27N3O4S/c1-4-5-6-13-33-21-12-11-19(15-22(21)32-3)16-23-25(31)29-26(34-23)27-24(30)20(28-29)14-18-9-7-17(2)8-10-18/h7-12,15-16H,4-6,13-14H2,1-3H3/b23-16-. The number of aryl methyl sites for hydroxylation is 1. The van der Waals surface area contributed by atoms with Gasteiger partial charge in [-0.2, -0.15) is 14.6 Å². The summed E-state index contributed by atoms with van der Waals surface area (Å²) in [6.45, 7) is 4.78. The smallest absolute Gasteiger partial charge is 0.296 e. The number of fused-ring (bicyclic) bond motifs is 1. The molecule has 0 fully saturated rings. The molecule has 0 amide bonds. The molecule has 2 aromatic carbocycles. The molecule has 7 nitrogen and oxygen atoms in total. The molecular weight excluding hydrogens is 450 g/mol. The number of hydrogen-bond acceptors (Lipinski definition) is 7. The molecule has 0 spiro atoms. The van der Waals surface area contributed by atoms with Crippen molar-refractivity contribution in [2.24, 2.45) is 0 Å². The fourth-order valence-corrected chi connectivity index (χ4v) is 4.43. The molecule has 0 aliphatic rings. The maximum absolute atomic E-state index is 13.0. The van der Waals surface area contributed by atoms with Crippen molar-refractivity contribution in [3.05, 3.63) is 90.1 Å². The first-order chi connectivity index (χ1) is 16.5. The quantitative estimate of drug-likeness (QED) is 0.343. The Balaban J connectivity index is 1.64. The maximum atomic E-state index is 13.0. The van der Waals surface area contributed by atoms with Gasteiger partial charge in [0.25, 0.3) is 11.1 Å². The zero-order valence-corrected chi connectivity index (χ0v) is 20.4. The van der Waals surface area contributed by atoms with Crippen molar-refractivity contribution in [3.8, 4) is 11.5 Å². The van der Waals surface area contributed by atoms with E-state index in [-0.39, 0.29) is 16.2 Å². The van der Waals surface area contributed by atoms with Crippen LogP contribution in [0.5, 0.6) is 11.5 Å². The van der Waals surface area contributed by atoms with Gasteiger partial charge in [0, 0.05) is 6.42 Å². The molecule has 2 heterocycles. The first-order valence-corrected chi connectivity index (χ1v) is 12.1. The lowest BCUT2D eigenvalue weighted by Gasteiger charge is -2.11. The van der Waals surface area contributed by atoms with E-state index in [0.717, 1.165) is 47.3 Å². The van der Waals surface area contributed by atoms with E-state index in [1.165, 1.54) is 4.52 Å². The minimum atomic E-state index is -0.417. The van der Waals surface area contributed by atoms with E-state index < -0.39 is 5.56 Å². The second-order valence-electron chi connectivity index (χ2n) is 8.10. The van der Waals surface area contributed by atoms with Crippen molar-refractivity contribution >= 4 is 22.4 Å². The van der Waals surface area contributed by atoms with Crippen LogP contribution in [-0.2, 0) is 6.42 Å². The maximum Gasteiger partial charge on any atom is 0.296 e. The van der Waals surface area contributed by atoms with E-state index in [1.807, 2.05) is 49.4 Å². The van der Waals surface area contributed by atoms with Crippen molar-refractivity contribution in [2.45, 2.75) is 39.5 Å². The van der Waals surface area contributed by atoms with Crippen molar-refractivity contribution in [3.63, 3.8) is 0 Å². The monoisotopic (exact) mass is 477 g/mol. The van der Waals surface area contributed by atoms with Crippen molar-refractivity contribution in [1.82, 2.24) is 14.6 Å². The molecule has 0 saturated heterocycles. The van der Waals surface area contributed by atoms with Gasteiger partial charge in [-0.1, -0.05) is 67.0 Å². The lowest BCUT2D eigenvalue weighted by Crippen LogP contribution is -2.28. The molecule has 0 unspecified atom stereocenters. The van der Waals surface area contributed by atoms with Crippen LogP contribution in [0.3, 0.4) is 0 Å². The number of rotatable bonds is 9. The summed E-state index contributed by atoms with van der Waals surface area (Å²) in [4.78, 5) is 29.9. The predicted octanol–water partition coefficient (Wildman–Crippen LogP) is 3.54. The SMILES string of the molecule is CCCCCOc1ccc(/C=c2\sc3nc(=O)c(Cc4ccc(C)cc4)nn3c2=O)cc1OC. The van der Waals surface area contributed by atoms with Crippen LogP contribution >= 0.6 is 11.3 Å². The van der Waals surface area contributed by atoms with Crippen LogP contribution < -0.4 is 25.1 Å². The van der Waals surface area contributed by atoms with Gasteiger partial charge in [0.15, 0.2) is 11.5 Å². The van der Waals surface area contributed by atoms with Gasteiger partial charge in [-0.25, -0.2) is 0 Å². The first kappa shape index (κ1) is 23.6. The van der Waals surface area contributed by atoms with Gasteiger partial charge in [0.2, 0.25) is 4.96 Å². The molecule has 4 rings (SSSR count). The third-order valence-electron chi connectivity index (χ3n) is 5.43. The van der Waals surface area contributed by atoms with Gasteiger partial charge >= 0.3 is 0 Å². The second kappa shape index (κ2) is 10.6. The van der Waals surface area contributed by atoms with E-state index in [1.54, 1.807) is 13.2 Å². The molecule has 176 valence electrons. The van der Waals surface area contributed by atoms with Gasteiger partial charge in [0.1, 0.15) is 5.69 Å². The summed E-state index contributed by atoms with van der Waals surface area (Å²) < 4.78 is 13.0. The summed E-state index contributed by atoms with van der Waals surface area (Å²) in [5.74, 6) is 1.27. The van der Waals surface area contributed by atoms with E-state index >= 15 is 0 Å². The number of benzene rings is 2. The molecule has 0 saturated carbocycles. The van der Waals surface area contributed by atoms with E-state index in [0.29, 0.717) is 29.1 Å². The van der Waals surface area contributed by atoms with Crippen molar-refractivity contribution < 1.29 is 9.47 Å². The largest absolute Gasteiger partial charge is 0.493 e. The zero-order chi connectivity index (χ0) is 24.1. The van der Waals surface area contributed by atoms with E-state index in [4.69, 9.17) is 9.47 Å². The van der Waals surface area contributed by atoms with Crippen LogP contribution in [0.1, 0.15) is 48.6 Å². The Hall–Kier alpha value is -3.52. The molecule has 0 N–H and O–H groups in total. The number of methoxy groups -OCH3 is 1. The van der Waals surface area contributed by atoms with Crippen LogP contribution in [0.4, 0.5) is 0 Å². The van der Waals surface area contributed by atoms with Crippen molar-refractivity contribution in [1.29, 1.82) is 0 Å². The molecular formula is C26H27N3O4S. The summed E-state index contributed by atoms with van der Waals surface area (Å²) in [6.07, 6.45) is 5.30. The van der Waals surface area contributed by atoms with E-state index in [9.17, 15) is 9.59 Å². The predicted molar refractivity (Wildman–Crippen MR) is 134 cm³/mol. The minimum absolute atomic E-state index is 0.244. The highest BCUT2D eigenvalue weighted by atomic mass is 32.1. The molecule has 0 aliphatic heterocycles. The third kappa shape index (κ3) is 5.34. The van der Waals surface area contributed by atoms with Gasteiger partial charge in [0.05, 0.1) is 18.2 Å². The Morgan fingerprint density at radius 2 is 1.85 bits per heavy atom. The first-order valence-electron chi connectivity index (χ1n) is 11.3. The third-order valence-corrected chi connectivity index (χ3v) is 6.39. The fourth-order valence-electron chi connectivity index (χ4n) is 3.53. The summed E-state index contributed by atoms with van der Waals surface area (Å²) in [6, 6.07) is 13.4. The van der Waals surface area contributed by atoms with Gasteiger partial charge < -0.3 is 9.47 Å². The van der Waals surface area contributed by atoms with Crippen molar-refractivity contribution in [2.75, 3.05) is 13.7 Å². The van der Waals surface area contributed by atoms with Crippen LogP contribution in [0.2, 0.25) is 0 Å². The highest BCUT2D eigenvalue weighted by molar-refractivity contribution is 7.15. The summed E-state index contributed by atoms with van der Waals surface area (Å²) >= 11 is 1.14. The normalized spacial score (nSPS) is 11.8. The number of thiazole rings is 1. The summed E-state index contributed by atoms with van der Waals surface area (Å²) in [5.41, 5.74) is 2.37. The Morgan fingerprint density at radius 1 is 1.06 bits per heavy atom. The van der Waals surface area contributed by atoms with Gasteiger partial charge in [-0.05, 0) is 42.7 Å². The highest BCUT2D eigenvalue weighted by Gasteiger charge is 2.12. The Labute approximate surface area is 201 Å². The Morgan fingerprint density at radius 3 is 2.59 bits per heavy atom. The minimum Gasteiger partial charge on any atom is -0.493 e. The average molecular weight is 478 g/mol. The van der Waals surface area contributed by atoms with Gasteiger partial charge in [-0.15, -0.1) is 0 Å². The molecule has 0 aliphatic carbocycles. The molecule has 8 heteroatoms. The van der Waals surface area contributed by atoms with Gasteiger partial charge in [-0.3, -0.25) is 9.59 Å². The lowest BCUT2D eigenvalue weighted by atomic mass is 10.1. The zero-order valence-electron chi connectivity index (χ0n) is 19.5. The molecule has 0 atom stereocenters. The fraction of sp³-hybridized carbons (Fsp3) is 0.308. The van der Waals surface area contributed by atoms with Crippen LogP contribution in [-0.4, -0.2) is 28.3 Å². The van der Waals surface area contributed by atoms with Crippen LogP contribution in [0, 0.1) is 6.92 Å². The molecule has 34 heavy (non-hydrogen) atoms. The number of aromatic nitrogens is 3. The number of ether oxygens (including phenoxy) is 2. The molecule has 4 aromatic rings. The second-order valence-corrected chi connectivity index (χ2v) is 9.11. The lowest BCUT2D eigenvalue weighted by molar-refractivity contribution is 0.286. The molecule has 0 radical (unpaired) electrons. The number of hydrogen-bond donors (Lipinski definition) is 0. The Kier molecular flexibility index (Phi) is 7.37. The summed E-state index contributed by atoms with van der Waals surface area (Å²) in [7, 11) is 1.59.